The first kappa shape index (κ1) is 25.9. The number of likely N-dealkylation sites (tertiary alicyclic amines) is 1. The first-order valence-corrected chi connectivity index (χ1v) is 12.2. The van der Waals surface area contributed by atoms with Crippen LogP contribution in [0.25, 0.3) is 0 Å². The van der Waals surface area contributed by atoms with Gasteiger partial charge in [-0.15, -0.1) is 0 Å². The number of carbonyl (C=O) groups is 2. The Kier molecular flexibility index (Phi) is 8.44. The number of aromatic nitrogens is 2. The molecule has 1 aromatic carbocycles. The molecule has 2 aliphatic rings. The third-order valence-electron chi connectivity index (χ3n) is 6.72. The number of hydroxylamine groups is 1. The maximum absolute atomic E-state index is 13.6. The number of nitrogens with one attached hydrogen (secondary N) is 2. The Labute approximate surface area is 209 Å². The largest absolute Gasteiger partial charge is 0.494 e. The topological polar surface area (TPSA) is 132 Å². The summed E-state index contributed by atoms with van der Waals surface area (Å²) in [5, 5.41) is 2.81. The lowest BCUT2D eigenvalue weighted by atomic mass is 9.88. The molecule has 3 heterocycles. The summed E-state index contributed by atoms with van der Waals surface area (Å²) in [6, 6.07) is 5.95. The van der Waals surface area contributed by atoms with E-state index in [4.69, 9.17) is 15.3 Å². The Morgan fingerprint density at radius 1 is 1.28 bits per heavy atom. The van der Waals surface area contributed by atoms with Gasteiger partial charge >= 0.3 is 0 Å². The van der Waals surface area contributed by atoms with Crippen molar-refractivity contribution in [3.8, 4) is 5.75 Å². The first-order valence-electron chi connectivity index (χ1n) is 12.2. The number of ether oxygens (including phenoxy) is 1. The molecular formula is C25H33FN6O4. The SMILES string of the molecule is COc1cc(CNC(=O)c2cc(C3CC(C4CCN(C(=O)CCN)CC4)ON3)nc(C)n2)ccc1F. The van der Waals surface area contributed by atoms with E-state index in [9.17, 15) is 14.0 Å². The summed E-state index contributed by atoms with van der Waals surface area (Å²) in [6.07, 6.45) is 2.85. The Balaban J connectivity index is 1.34. The second-order valence-corrected chi connectivity index (χ2v) is 9.20. The van der Waals surface area contributed by atoms with Crippen molar-refractivity contribution >= 4 is 11.8 Å². The molecule has 2 atom stereocenters. The van der Waals surface area contributed by atoms with Crippen LogP contribution in [0.15, 0.2) is 24.3 Å². The molecule has 10 nitrogen and oxygen atoms in total. The zero-order chi connectivity index (χ0) is 25.7. The number of nitrogens with two attached hydrogens (primary N) is 1. The van der Waals surface area contributed by atoms with Gasteiger partial charge in [0.05, 0.1) is 24.9 Å². The van der Waals surface area contributed by atoms with E-state index < -0.39 is 5.82 Å². The average molecular weight is 501 g/mol. The van der Waals surface area contributed by atoms with Crippen LogP contribution in [0.2, 0.25) is 0 Å². The highest BCUT2D eigenvalue weighted by molar-refractivity contribution is 5.92. The smallest absolute Gasteiger partial charge is 0.270 e. The summed E-state index contributed by atoms with van der Waals surface area (Å²) in [7, 11) is 1.39. The van der Waals surface area contributed by atoms with Crippen molar-refractivity contribution in [3.63, 3.8) is 0 Å². The number of hydrogen-bond acceptors (Lipinski definition) is 8. The average Bonchev–Trinajstić information content (AvgIpc) is 3.38. The number of hydrogen-bond donors (Lipinski definition) is 3. The molecule has 0 aliphatic carbocycles. The fraction of sp³-hybridized carbons (Fsp3) is 0.520. The Bertz CT molecular complexity index is 1090. The van der Waals surface area contributed by atoms with Crippen LogP contribution >= 0.6 is 0 Å². The maximum Gasteiger partial charge on any atom is 0.270 e. The van der Waals surface area contributed by atoms with Crippen molar-refractivity contribution in [2.24, 2.45) is 11.7 Å². The van der Waals surface area contributed by atoms with Crippen LogP contribution in [-0.2, 0) is 16.2 Å². The summed E-state index contributed by atoms with van der Waals surface area (Å²) < 4.78 is 18.6. The van der Waals surface area contributed by atoms with Gasteiger partial charge in [0.15, 0.2) is 11.6 Å². The molecule has 194 valence electrons. The molecule has 2 fully saturated rings. The molecule has 0 spiro atoms. The van der Waals surface area contributed by atoms with Crippen molar-refractivity contribution in [1.82, 2.24) is 25.7 Å². The number of aryl methyl sites for hydroxylation is 1. The monoisotopic (exact) mass is 500 g/mol. The first-order chi connectivity index (χ1) is 17.4. The van der Waals surface area contributed by atoms with Gasteiger partial charge in [-0.2, -0.15) is 5.48 Å². The van der Waals surface area contributed by atoms with Crippen molar-refractivity contribution < 1.29 is 23.6 Å². The highest BCUT2D eigenvalue weighted by Gasteiger charge is 2.36. The highest BCUT2D eigenvalue weighted by Crippen LogP contribution is 2.33. The van der Waals surface area contributed by atoms with Crippen LogP contribution in [0.4, 0.5) is 4.39 Å². The van der Waals surface area contributed by atoms with Gasteiger partial charge in [-0.05, 0) is 55.9 Å². The minimum atomic E-state index is -0.459. The third kappa shape index (κ3) is 6.15. The molecule has 36 heavy (non-hydrogen) atoms. The Morgan fingerprint density at radius 3 is 2.78 bits per heavy atom. The highest BCUT2D eigenvalue weighted by atomic mass is 19.1. The minimum absolute atomic E-state index is 0.00256. The van der Waals surface area contributed by atoms with Crippen molar-refractivity contribution in [3.05, 3.63) is 52.9 Å². The summed E-state index contributed by atoms with van der Waals surface area (Å²) in [6.45, 7) is 3.74. The van der Waals surface area contributed by atoms with Gasteiger partial charge in [-0.3, -0.25) is 14.4 Å². The van der Waals surface area contributed by atoms with E-state index in [1.165, 1.54) is 13.2 Å². The van der Waals surface area contributed by atoms with E-state index in [0.717, 1.165) is 12.8 Å². The number of methoxy groups -OCH3 is 1. The molecule has 0 radical (unpaired) electrons. The molecule has 1 aromatic heterocycles. The van der Waals surface area contributed by atoms with Gasteiger partial charge in [0, 0.05) is 32.6 Å². The van der Waals surface area contributed by atoms with Crippen LogP contribution in [0.5, 0.6) is 5.75 Å². The molecule has 0 saturated carbocycles. The molecule has 2 amide bonds. The van der Waals surface area contributed by atoms with Gasteiger partial charge < -0.3 is 20.7 Å². The molecule has 0 bridgehead atoms. The number of nitrogens with zero attached hydrogens (tertiary/aromatic N) is 3. The normalized spacial score (nSPS) is 20.4. The van der Waals surface area contributed by atoms with Gasteiger partial charge in [-0.1, -0.05) is 6.07 Å². The predicted molar refractivity (Wildman–Crippen MR) is 129 cm³/mol. The van der Waals surface area contributed by atoms with Gasteiger partial charge in [0.2, 0.25) is 5.91 Å². The molecule has 4 rings (SSSR count). The van der Waals surface area contributed by atoms with Crippen LogP contribution in [0.1, 0.15) is 59.3 Å². The van der Waals surface area contributed by atoms with E-state index in [2.05, 4.69) is 20.8 Å². The van der Waals surface area contributed by atoms with E-state index in [0.29, 0.717) is 55.5 Å². The summed E-state index contributed by atoms with van der Waals surface area (Å²) in [5.41, 5.74) is 10.2. The lowest BCUT2D eigenvalue weighted by Crippen LogP contribution is -2.41. The number of carbonyl (C=O) groups excluding carboxylic acids is 2. The third-order valence-corrected chi connectivity index (χ3v) is 6.72. The number of rotatable bonds is 8. The molecule has 2 saturated heterocycles. The summed E-state index contributed by atoms with van der Waals surface area (Å²) in [4.78, 5) is 41.5. The van der Waals surface area contributed by atoms with Crippen molar-refractivity contribution in [2.75, 3.05) is 26.7 Å². The standard InChI is InChI=1S/C25H33FN6O4/c1-15-29-19(12-21(30-15)25(34)28-14-16-3-4-18(26)23(11-16)35-2)20-13-22(36-31-20)17-6-9-32(10-7-17)24(33)5-8-27/h3-4,11-12,17,20,22,31H,5-10,13-14,27H2,1-2H3,(H,28,34). The van der Waals surface area contributed by atoms with Crippen LogP contribution in [0.3, 0.4) is 0 Å². The second-order valence-electron chi connectivity index (χ2n) is 9.20. The molecule has 2 aromatic rings. The molecule has 2 unspecified atom stereocenters. The van der Waals surface area contributed by atoms with Crippen molar-refractivity contribution in [1.29, 1.82) is 0 Å². The van der Waals surface area contributed by atoms with Crippen molar-refractivity contribution in [2.45, 2.75) is 51.3 Å². The molecule has 2 aliphatic heterocycles. The van der Waals surface area contributed by atoms with Gasteiger partial charge in [0.25, 0.3) is 5.91 Å². The Morgan fingerprint density at radius 2 is 2.06 bits per heavy atom. The number of amides is 2. The fourth-order valence-electron chi connectivity index (χ4n) is 4.74. The van der Waals surface area contributed by atoms with E-state index >= 15 is 0 Å². The van der Waals surface area contributed by atoms with Gasteiger partial charge in [-0.25, -0.2) is 14.4 Å². The lowest BCUT2D eigenvalue weighted by molar-refractivity contribution is -0.133. The summed E-state index contributed by atoms with van der Waals surface area (Å²) >= 11 is 0. The molecular weight excluding hydrogens is 467 g/mol. The van der Waals surface area contributed by atoms with E-state index in [1.54, 1.807) is 25.1 Å². The zero-order valence-corrected chi connectivity index (χ0v) is 20.6. The van der Waals surface area contributed by atoms with E-state index in [-0.39, 0.29) is 41.9 Å². The fourth-order valence-corrected chi connectivity index (χ4v) is 4.74. The van der Waals surface area contributed by atoms with E-state index in [1.807, 2.05) is 4.90 Å². The predicted octanol–water partition coefficient (Wildman–Crippen LogP) is 1.78. The maximum atomic E-state index is 13.6. The number of halogens is 1. The Hall–Kier alpha value is -3.15. The summed E-state index contributed by atoms with van der Waals surface area (Å²) in [5.74, 6) is 0.242. The zero-order valence-electron chi connectivity index (χ0n) is 20.6. The molecule has 11 heteroatoms. The molecule has 4 N–H and O–H groups in total. The van der Waals surface area contributed by atoms with Crippen LogP contribution < -0.4 is 21.3 Å². The minimum Gasteiger partial charge on any atom is -0.494 e. The van der Waals surface area contributed by atoms with Crippen LogP contribution in [0, 0.1) is 18.7 Å². The quantitative estimate of drug-likeness (QED) is 0.500. The second kappa shape index (κ2) is 11.7. The van der Waals surface area contributed by atoms with Crippen LogP contribution in [-0.4, -0.2) is 59.5 Å². The number of benzene rings is 1. The van der Waals surface area contributed by atoms with Gasteiger partial charge in [0.1, 0.15) is 11.5 Å². The number of piperidine rings is 1. The lowest BCUT2D eigenvalue weighted by Gasteiger charge is -2.34.